The third-order valence-corrected chi connectivity index (χ3v) is 3.90. The number of fused-ring (bicyclic) bond motifs is 1. The molecule has 21 heavy (non-hydrogen) atoms. The van der Waals surface area contributed by atoms with Crippen LogP contribution >= 0.6 is 11.6 Å². The van der Waals surface area contributed by atoms with E-state index < -0.39 is 0 Å². The molecule has 0 unspecified atom stereocenters. The highest BCUT2D eigenvalue weighted by Crippen LogP contribution is 2.29. The maximum atomic E-state index is 12.4. The number of benzene rings is 2. The molecule has 2 N–H and O–H groups in total. The average Bonchev–Trinajstić information content (AvgIpc) is 2.68. The number of rotatable bonds is 2. The highest BCUT2D eigenvalue weighted by Gasteiger charge is 2.36. The third kappa shape index (κ3) is 2.17. The Morgan fingerprint density at radius 2 is 1.90 bits per heavy atom. The van der Waals surface area contributed by atoms with Crippen molar-refractivity contribution in [2.24, 2.45) is 0 Å². The molecule has 4 nitrogen and oxygen atoms in total. The van der Waals surface area contributed by atoms with E-state index in [0.29, 0.717) is 21.8 Å². The fraction of sp³-hybridized carbons (Fsp3) is 0.125. The van der Waals surface area contributed by atoms with Crippen LogP contribution < -0.4 is 5.73 Å². The van der Waals surface area contributed by atoms with Gasteiger partial charge in [-0.3, -0.25) is 14.5 Å². The van der Waals surface area contributed by atoms with Gasteiger partial charge in [-0.25, -0.2) is 0 Å². The number of hydrogen-bond donors (Lipinski definition) is 1. The zero-order chi connectivity index (χ0) is 15.1. The summed E-state index contributed by atoms with van der Waals surface area (Å²) in [5.41, 5.74) is 8.63. The van der Waals surface area contributed by atoms with E-state index in [4.69, 9.17) is 17.3 Å². The summed E-state index contributed by atoms with van der Waals surface area (Å²) in [5.74, 6) is -0.654. The van der Waals surface area contributed by atoms with Crippen LogP contribution in [0.5, 0.6) is 0 Å². The number of halogens is 1. The van der Waals surface area contributed by atoms with E-state index in [1.54, 1.807) is 24.3 Å². The Morgan fingerprint density at radius 1 is 1.14 bits per heavy atom. The molecule has 0 bridgehead atoms. The first kappa shape index (κ1) is 13.6. The lowest BCUT2D eigenvalue weighted by Crippen LogP contribution is -2.29. The Balaban J connectivity index is 1.97. The molecule has 0 aromatic heterocycles. The lowest BCUT2D eigenvalue weighted by Gasteiger charge is -2.15. The lowest BCUT2D eigenvalue weighted by atomic mass is 10.1. The number of amides is 2. The van der Waals surface area contributed by atoms with E-state index in [-0.39, 0.29) is 18.4 Å². The molecule has 5 heteroatoms. The minimum Gasteiger partial charge on any atom is -0.398 e. The van der Waals surface area contributed by atoms with Gasteiger partial charge >= 0.3 is 0 Å². The largest absolute Gasteiger partial charge is 0.398 e. The van der Waals surface area contributed by atoms with Gasteiger partial charge in [0, 0.05) is 10.7 Å². The minimum absolute atomic E-state index is 0.217. The van der Waals surface area contributed by atoms with Gasteiger partial charge in [-0.2, -0.15) is 0 Å². The summed E-state index contributed by atoms with van der Waals surface area (Å²) in [5, 5.41) is 0.628. The van der Waals surface area contributed by atoms with Crippen LogP contribution in [0.25, 0.3) is 0 Å². The number of nitrogen functional groups attached to an aromatic ring is 1. The smallest absolute Gasteiger partial charge is 0.263 e. The molecule has 1 aliphatic heterocycles. The highest BCUT2D eigenvalue weighted by molar-refractivity contribution is 6.30. The number of carbonyl (C=O) groups excluding carboxylic acids is 2. The number of hydrogen-bond acceptors (Lipinski definition) is 3. The summed E-state index contributed by atoms with van der Waals surface area (Å²) < 4.78 is 0. The van der Waals surface area contributed by atoms with Crippen molar-refractivity contribution in [3.8, 4) is 0 Å². The van der Waals surface area contributed by atoms with Gasteiger partial charge in [-0.1, -0.05) is 23.7 Å². The quantitative estimate of drug-likeness (QED) is 0.685. The topological polar surface area (TPSA) is 63.4 Å². The first-order valence-electron chi connectivity index (χ1n) is 6.48. The van der Waals surface area contributed by atoms with Crippen molar-refractivity contribution in [2.45, 2.75) is 13.5 Å². The Bertz CT molecular complexity index is 771. The van der Waals surface area contributed by atoms with Gasteiger partial charge in [0.15, 0.2) is 0 Å². The highest BCUT2D eigenvalue weighted by atomic mass is 35.5. The van der Waals surface area contributed by atoms with Crippen LogP contribution in [0.15, 0.2) is 36.4 Å². The van der Waals surface area contributed by atoms with Gasteiger partial charge in [0.2, 0.25) is 0 Å². The van der Waals surface area contributed by atoms with Crippen molar-refractivity contribution in [3.05, 3.63) is 63.7 Å². The van der Waals surface area contributed by atoms with Crippen LogP contribution in [-0.4, -0.2) is 16.7 Å². The Morgan fingerprint density at radius 3 is 2.57 bits per heavy atom. The molecule has 2 amide bonds. The van der Waals surface area contributed by atoms with Crippen LogP contribution in [0, 0.1) is 6.92 Å². The molecule has 1 aliphatic rings. The molecule has 0 aliphatic carbocycles. The number of carbonyl (C=O) groups is 2. The van der Waals surface area contributed by atoms with E-state index in [1.165, 1.54) is 4.90 Å². The van der Waals surface area contributed by atoms with Crippen molar-refractivity contribution in [2.75, 3.05) is 5.73 Å². The standard InChI is InChI=1S/C16H13ClN2O2/c1-9-7-11(17)6-5-10(9)8-19-15(20)12-3-2-4-13(18)14(12)16(19)21/h2-7H,8,18H2,1H3. The van der Waals surface area contributed by atoms with E-state index in [2.05, 4.69) is 0 Å². The third-order valence-electron chi connectivity index (χ3n) is 3.66. The van der Waals surface area contributed by atoms with E-state index in [0.717, 1.165) is 11.1 Å². The second-order valence-electron chi connectivity index (χ2n) is 5.04. The molecular weight excluding hydrogens is 288 g/mol. The number of nitrogens with zero attached hydrogens (tertiary/aromatic N) is 1. The van der Waals surface area contributed by atoms with Gasteiger partial charge in [-0.15, -0.1) is 0 Å². The van der Waals surface area contributed by atoms with Crippen molar-refractivity contribution >= 4 is 29.1 Å². The predicted molar refractivity (Wildman–Crippen MR) is 81.2 cm³/mol. The summed E-state index contributed by atoms with van der Waals surface area (Å²) in [4.78, 5) is 26.0. The minimum atomic E-state index is -0.345. The van der Waals surface area contributed by atoms with Crippen LogP contribution in [0.3, 0.4) is 0 Å². The Kier molecular flexibility index (Phi) is 3.18. The second-order valence-corrected chi connectivity index (χ2v) is 5.47. The second kappa shape index (κ2) is 4.90. The van der Waals surface area contributed by atoms with Crippen molar-refractivity contribution in [1.29, 1.82) is 0 Å². The SMILES string of the molecule is Cc1cc(Cl)ccc1CN1C(=O)c2cccc(N)c2C1=O. The molecule has 0 spiro atoms. The fourth-order valence-electron chi connectivity index (χ4n) is 2.51. The fourth-order valence-corrected chi connectivity index (χ4v) is 2.74. The van der Waals surface area contributed by atoms with E-state index in [9.17, 15) is 9.59 Å². The summed E-state index contributed by atoms with van der Waals surface area (Å²) in [6.07, 6.45) is 0. The van der Waals surface area contributed by atoms with Gasteiger partial charge in [0.25, 0.3) is 11.8 Å². The normalized spacial score (nSPS) is 13.7. The molecule has 2 aromatic rings. The molecule has 0 radical (unpaired) electrons. The zero-order valence-electron chi connectivity index (χ0n) is 11.4. The first-order chi connectivity index (χ1) is 9.99. The van der Waals surface area contributed by atoms with E-state index in [1.807, 2.05) is 19.1 Å². The van der Waals surface area contributed by atoms with Crippen LogP contribution in [0.1, 0.15) is 31.8 Å². The maximum absolute atomic E-state index is 12.4. The molecule has 2 aromatic carbocycles. The predicted octanol–water partition coefficient (Wildman–Crippen LogP) is 3.03. The van der Waals surface area contributed by atoms with Gasteiger partial charge in [-0.05, 0) is 42.3 Å². The van der Waals surface area contributed by atoms with Crippen molar-refractivity contribution < 1.29 is 9.59 Å². The molecular formula is C16H13ClN2O2. The lowest BCUT2D eigenvalue weighted by molar-refractivity contribution is 0.0642. The molecule has 106 valence electrons. The number of imide groups is 1. The summed E-state index contributed by atoms with van der Waals surface area (Å²) in [6, 6.07) is 10.3. The number of aryl methyl sites for hydroxylation is 1. The molecule has 0 saturated heterocycles. The summed E-state index contributed by atoms with van der Waals surface area (Å²) >= 11 is 5.92. The van der Waals surface area contributed by atoms with Crippen molar-refractivity contribution in [3.63, 3.8) is 0 Å². The van der Waals surface area contributed by atoms with Gasteiger partial charge < -0.3 is 5.73 Å². The summed E-state index contributed by atoms with van der Waals surface area (Å²) in [6.45, 7) is 2.11. The number of anilines is 1. The zero-order valence-corrected chi connectivity index (χ0v) is 12.1. The molecule has 1 heterocycles. The van der Waals surface area contributed by atoms with Gasteiger partial charge in [0.1, 0.15) is 0 Å². The van der Waals surface area contributed by atoms with Crippen LogP contribution in [-0.2, 0) is 6.54 Å². The first-order valence-corrected chi connectivity index (χ1v) is 6.86. The maximum Gasteiger partial charge on any atom is 0.263 e. The Hall–Kier alpha value is -2.33. The molecule has 0 fully saturated rings. The van der Waals surface area contributed by atoms with Crippen LogP contribution in [0.4, 0.5) is 5.69 Å². The number of nitrogens with two attached hydrogens (primary N) is 1. The van der Waals surface area contributed by atoms with Crippen molar-refractivity contribution in [1.82, 2.24) is 4.90 Å². The molecule has 0 saturated carbocycles. The summed E-state index contributed by atoms with van der Waals surface area (Å²) in [7, 11) is 0. The average molecular weight is 301 g/mol. The monoisotopic (exact) mass is 300 g/mol. The Labute approximate surface area is 127 Å². The van der Waals surface area contributed by atoms with Gasteiger partial charge in [0.05, 0.1) is 17.7 Å². The van der Waals surface area contributed by atoms with Crippen LogP contribution in [0.2, 0.25) is 5.02 Å². The molecule has 3 rings (SSSR count). The molecule has 0 atom stereocenters. The van der Waals surface area contributed by atoms with E-state index >= 15 is 0 Å².